The average molecular weight is 238 g/mol. The van der Waals surface area contributed by atoms with Crippen molar-refractivity contribution in [1.29, 1.82) is 0 Å². The van der Waals surface area contributed by atoms with Crippen LogP contribution in [0.25, 0.3) is 0 Å². The van der Waals surface area contributed by atoms with Crippen LogP contribution in [0.1, 0.15) is 12.8 Å². The maximum Gasteiger partial charge on any atom is 0.136 e. The molecule has 0 fully saturated rings. The zero-order valence-corrected chi connectivity index (χ0v) is 9.77. The molecule has 1 aromatic rings. The van der Waals surface area contributed by atoms with Gasteiger partial charge in [0.15, 0.2) is 0 Å². The highest BCUT2D eigenvalue weighted by molar-refractivity contribution is 7.99. The SMILES string of the molecule is C#CCCC(CSc1ccccc1F)NN. The van der Waals surface area contributed by atoms with Crippen molar-refractivity contribution in [3.8, 4) is 12.3 Å². The molecule has 0 aromatic heterocycles. The summed E-state index contributed by atoms with van der Waals surface area (Å²) in [4.78, 5) is 0.642. The van der Waals surface area contributed by atoms with Crippen molar-refractivity contribution in [2.45, 2.75) is 23.8 Å². The Morgan fingerprint density at radius 1 is 1.50 bits per heavy atom. The molecular formula is C12H15FN2S. The van der Waals surface area contributed by atoms with E-state index in [-0.39, 0.29) is 11.9 Å². The van der Waals surface area contributed by atoms with E-state index >= 15 is 0 Å². The Labute approximate surface area is 99.8 Å². The minimum atomic E-state index is -0.194. The molecule has 0 aliphatic carbocycles. The number of hydrazine groups is 1. The number of hydrogen-bond donors (Lipinski definition) is 2. The molecule has 16 heavy (non-hydrogen) atoms. The second kappa shape index (κ2) is 7.29. The Kier molecular flexibility index (Phi) is 5.94. The largest absolute Gasteiger partial charge is 0.271 e. The summed E-state index contributed by atoms with van der Waals surface area (Å²) in [6, 6.07) is 6.82. The summed E-state index contributed by atoms with van der Waals surface area (Å²) in [5.74, 6) is 8.47. The Bertz CT molecular complexity index is 362. The van der Waals surface area contributed by atoms with Crippen molar-refractivity contribution in [3.63, 3.8) is 0 Å². The number of halogens is 1. The van der Waals surface area contributed by atoms with Crippen LogP contribution in [0, 0.1) is 18.2 Å². The molecule has 0 aliphatic heterocycles. The third-order valence-electron chi connectivity index (χ3n) is 2.15. The first-order valence-electron chi connectivity index (χ1n) is 5.05. The highest BCUT2D eigenvalue weighted by atomic mass is 32.2. The number of nitrogens with two attached hydrogens (primary N) is 1. The van der Waals surface area contributed by atoms with Crippen molar-refractivity contribution in [3.05, 3.63) is 30.1 Å². The van der Waals surface area contributed by atoms with Crippen LogP contribution in [0.5, 0.6) is 0 Å². The molecule has 1 aromatic carbocycles. The van der Waals surface area contributed by atoms with Gasteiger partial charge in [0.05, 0.1) is 0 Å². The lowest BCUT2D eigenvalue weighted by Gasteiger charge is -2.13. The van der Waals surface area contributed by atoms with E-state index in [0.29, 0.717) is 17.1 Å². The van der Waals surface area contributed by atoms with E-state index in [2.05, 4.69) is 11.3 Å². The van der Waals surface area contributed by atoms with Gasteiger partial charge >= 0.3 is 0 Å². The van der Waals surface area contributed by atoms with Crippen molar-refractivity contribution in [2.75, 3.05) is 5.75 Å². The Balaban J connectivity index is 2.44. The number of benzene rings is 1. The van der Waals surface area contributed by atoms with E-state index in [0.717, 1.165) is 6.42 Å². The first-order valence-corrected chi connectivity index (χ1v) is 6.03. The van der Waals surface area contributed by atoms with Crippen LogP contribution in [0.3, 0.4) is 0 Å². The maximum absolute atomic E-state index is 13.3. The molecule has 0 radical (unpaired) electrons. The first kappa shape index (κ1) is 13.0. The second-order valence-electron chi connectivity index (χ2n) is 3.35. The normalized spacial score (nSPS) is 12.1. The molecule has 1 atom stereocenters. The van der Waals surface area contributed by atoms with Crippen molar-refractivity contribution in [2.24, 2.45) is 5.84 Å². The molecule has 1 unspecified atom stereocenters. The molecular weight excluding hydrogens is 223 g/mol. The van der Waals surface area contributed by atoms with E-state index in [9.17, 15) is 4.39 Å². The zero-order valence-electron chi connectivity index (χ0n) is 8.95. The molecule has 86 valence electrons. The van der Waals surface area contributed by atoms with E-state index in [1.165, 1.54) is 17.8 Å². The predicted molar refractivity (Wildman–Crippen MR) is 66.3 cm³/mol. The van der Waals surface area contributed by atoms with E-state index in [4.69, 9.17) is 12.3 Å². The summed E-state index contributed by atoms with van der Waals surface area (Å²) in [6.45, 7) is 0. The highest BCUT2D eigenvalue weighted by Crippen LogP contribution is 2.22. The molecule has 4 heteroatoms. The highest BCUT2D eigenvalue weighted by Gasteiger charge is 2.08. The van der Waals surface area contributed by atoms with E-state index in [1.807, 2.05) is 6.07 Å². The summed E-state index contributed by atoms with van der Waals surface area (Å²) in [5, 5.41) is 0. The van der Waals surface area contributed by atoms with Crippen LogP contribution < -0.4 is 11.3 Å². The Morgan fingerprint density at radius 2 is 2.25 bits per heavy atom. The van der Waals surface area contributed by atoms with E-state index in [1.54, 1.807) is 12.1 Å². The summed E-state index contributed by atoms with van der Waals surface area (Å²) < 4.78 is 13.3. The van der Waals surface area contributed by atoms with Gasteiger partial charge in [0.1, 0.15) is 5.82 Å². The molecule has 1 rings (SSSR count). The smallest absolute Gasteiger partial charge is 0.136 e. The molecule has 0 saturated carbocycles. The van der Waals surface area contributed by atoms with E-state index < -0.39 is 0 Å². The van der Waals surface area contributed by atoms with Gasteiger partial charge in [0.25, 0.3) is 0 Å². The van der Waals surface area contributed by atoms with Crippen LogP contribution in [0.4, 0.5) is 4.39 Å². The average Bonchev–Trinajstić information content (AvgIpc) is 2.31. The number of rotatable bonds is 6. The maximum atomic E-state index is 13.3. The molecule has 3 N–H and O–H groups in total. The third-order valence-corrected chi connectivity index (χ3v) is 3.36. The summed E-state index contributed by atoms with van der Waals surface area (Å²) >= 11 is 1.44. The fraction of sp³-hybridized carbons (Fsp3) is 0.333. The van der Waals surface area contributed by atoms with Gasteiger partial charge in [0.2, 0.25) is 0 Å². The first-order chi connectivity index (χ1) is 7.77. The summed E-state index contributed by atoms with van der Waals surface area (Å²) in [7, 11) is 0. The van der Waals surface area contributed by atoms with Gasteiger partial charge in [-0.05, 0) is 18.6 Å². The molecule has 0 saturated heterocycles. The minimum Gasteiger partial charge on any atom is -0.271 e. The molecule has 2 nitrogen and oxygen atoms in total. The van der Waals surface area contributed by atoms with Gasteiger partial charge in [-0.2, -0.15) is 0 Å². The lowest BCUT2D eigenvalue weighted by Crippen LogP contribution is -2.36. The van der Waals surface area contributed by atoms with Crippen LogP contribution >= 0.6 is 11.8 Å². The van der Waals surface area contributed by atoms with Crippen LogP contribution in [-0.2, 0) is 0 Å². The summed E-state index contributed by atoms with van der Waals surface area (Å²) in [6.07, 6.45) is 6.65. The van der Waals surface area contributed by atoms with Gasteiger partial charge in [-0.15, -0.1) is 24.1 Å². The number of terminal acetylenes is 1. The van der Waals surface area contributed by atoms with Crippen LogP contribution in [-0.4, -0.2) is 11.8 Å². The van der Waals surface area contributed by atoms with Gasteiger partial charge in [-0.25, -0.2) is 4.39 Å². The number of thioether (sulfide) groups is 1. The van der Waals surface area contributed by atoms with Crippen molar-refractivity contribution in [1.82, 2.24) is 5.43 Å². The van der Waals surface area contributed by atoms with Crippen LogP contribution in [0.2, 0.25) is 0 Å². The lowest BCUT2D eigenvalue weighted by atomic mass is 10.2. The predicted octanol–water partition coefficient (Wildman–Crippen LogP) is 2.16. The fourth-order valence-corrected chi connectivity index (χ4v) is 2.25. The summed E-state index contributed by atoms with van der Waals surface area (Å²) in [5.41, 5.74) is 2.69. The van der Waals surface area contributed by atoms with Gasteiger partial charge in [-0.3, -0.25) is 11.3 Å². The number of nitrogens with one attached hydrogen (secondary N) is 1. The van der Waals surface area contributed by atoms with Crippen molar-refractivity contribution >= 4 is 11.8 Å². The van der Waals surface area contributed by atoms with Crippen molar-refractivity contribution < 1.29 is 4.39 Å². The number of hydrogen-bond acceptors (Lipinski definition) is 3. The molecule has 0 heterocycles. The second-order valence-corrected chi connectivity index (χ2v) is 4.41. The minimum absolute atomic E-state index is 0.112. The van der Waals surface area contributed by atoms with Gasteiger partial charge < -0.3 is 0 Å². The molecule has 0 amide bonds. The quantitative estimate of drug-likeness (QED) is 0.345. The van der Waals surface area contributed by atoms with Crippen LogP contribution in [0.15, 0.2) is 29.2 Å². The molecule has 0 spiro atoms. The van der Waals surface area contributed by atoms with Gasteiger partial charge in [-0.1, -0.05) is 12.1 Å². The molecule has 0 aliphatic rings. The standard InChI is InChI=1S/C12H15FN2S/c1-2-3-6-10(15-14)9-16-12-8-5-4-7-11(12)13/h1,4-5,7-8,10,15H,3,6,9,14H2. The van der Waals surface area contributed by atoms with Gasteiger partial charge in [0, 0.05) is 23.1 Å². The molecule has 0 bridgehead atoms. The zero-order chi connectivity index (χ0) is 11.8. The Hall–Kier alpha value is -1.02. The third kappa shape index (κ3) is 4.23. The monoisotopic (exact) mass is 238 g/mol. The fourth-order valence-electron chi connectivity index (χ4n) is 1.22. The lowest BCUT2D eigenvalue weighted by molar-refractivity contribution is 0.546. The topological polar surface area (TPSA) is 38.0 Å². The Morgan fingerprint density at radius 3 is 2.88 bits per heavy atom.